The summed E-state index contributed by atoms with van der Waals surface area (Å²) in [4.78, 5) is 4.35. The Bertz CT molecular complexity index is 580. The van der Waals surface area contributed by atoms with Gasteiger partial charge in [-0.2, -0.15) is 0 Å². The average molecular weight is 293 g/mol. The van der Waals surface area contributed by atoms with E-state index in [0.717, 1.165) is 31.9 Å². The highest BCUT2D eigenvalue weighted by Crippen LogP contribution is 2.21. The van der Waals surface area contributed by atoms with E-state index in [2.05, 4.69) is 19.4 Å². The van der Waals surface area contributed by atoms with E-state index < -0.39 is 0 Å². The van der Waals surface area contributed by atoms with E-state index in [-0.39, 0.29) is 5.82 Å². The Labute approximate surface area is 121 Å². The number of rotatable bonds is 3. The van der Waals surface area contributed by atoms with Crippen LogP contribution < -0.4 is 10.6 Å². The van der Waals surface area contributed by atoms with Gasteiger partial charge >= 0.3 is 0 Å². The topological polar surface area (TPSA) is 58.3 Å². The molecule has 0 unspecified atom stereocenters. The van der Waals surface area contributed by atoms with Crippen molar-refractivity contribution in [2.75, 3.05) is 36.8 Å². The molecule has 2 aromatic rings. The van der Waals surface area contributed by atoms with Crippen molar-refractivity contribution in [1.29, 1.82) is 0 Å². The molecule has 0 amide bonds. The zero-order chi connectivity index (χ0) is 13.9. The van der Waals surface area contributed by atoms with Crippen LogP contribution in [0.25, 0.3) is 0 Å². The quantitative estimate of drug-likeness (QED) is 0.931. The minimum atomic E-state index is -0.158. The number of benzene rings is 1. The molecule has 1 aromatic carbocycles. The summed E-state index contributed by atoms with van der Waals surface area (Å²) >= 11 is 1.22. The van der Waals surface area contributed by atoms with Gasteiger partial charge in [-0.1, -0.05) is 16.6 Å². The van der Waals surface area contributed by atoms with Gasteiger partial charge in [0.2, 0.25) is 0 Å². The zero-order valence-corrected chi connectivity index (χ0v) is 11.8. The number of piperazine rings is 1. The van der Waals surface area contributed by atoms with Gasteiger partial charge in [-0.05, 0) is 12.1 Å². The maximum atomic E-state index is 13.7. The van der Waals surface area contributed by atoms with Crippen LogP contribution in [-0.4, -0.2) is 40.7 Å². The summed E-state index contributed by atoms with van der Waals surface area (Å²) in [6.45, 7) is 4.06. The third-order valence-electron chi connectivity index (χ3n) is 3.52. The van der Waals surface area contributed by atoms with Crippen LogP contribution in [0.3, 0.4) is 0 Å². The largest absolute Gasteiger partial charge is 0.388 e. The standard InChI is InChI=1S/C13H16FN5S/c14-10-3-1-2-4-12(10)19-7-5-18(6-8-19)9-11-13(15)20-17-16-11/h1-4H,5-9,15H2. The monoisotopic (exact) mass is 293 g/mol. The van der Waals surface area contributed by atoms with E-state index in [1.54, 1.807) is 6.07 Å². The predicted octanol–water partition coefficient (Wildman–Crippen LogP) is 1.58. The molecule has 0 aliphatic carbocycles. The molecule has 0 radical (unpaired) electrons. The van der Waals surface area contributed by atoms with Gasteiger partial charge in [0.25, 0.3) is 0 Å². The second-order valence-electron chi connectivity index (χ2n) is 4.80. The van der Waals surface area contributed by atoms with Gasteiger partial charge in [-0.3, -0.25) is 4.90 Å². The maximum absolute atomic E-state index is 13.7. The molecule has 7 heteroatoms. The molecule has 0 bridgehead atoms. The van der Waals surface area contributed by atoms with Gasteiger partial charge in [-0.15, -0.1) is 5.10 Å². The van der Waals surface area contributed by atoms with Crippen LogP contribution in [-0.2, 0) is 6.54 Å². The highest BCUT2D eigenvalue weighted by Gasteiger charge is 2.20. The molecule has 1 aliphatic rings. The summed E-state index contributed by atoms with van der Waals surface area (Å²) in [5.74, 6) is -0.158. The van der Waals surface area contributed by atoms with Crippen molar-refractivity contribution in [2.45, 2.75) is 6.54 Å². The Morgan fingerprint density at radius 3 is 2.60 bits per heavy atom. The second-order valence-corrected chi connectivity index (χ2v) is 5.58. The molecule has 106 valence electrons. The molecule has 0 saturated carbocycles. The van der Waals surface area contributed by atoms with E-state index >= 15 is 0 Å². The van der Waals surface area contributed by atoms with E-state index in [9.17, 15) is 4.39 Å². The number of hydrogen-bond donors (Lipinski definition) is 1. The summed E-state index contributed by atoms with van der Waals surface area (Å²) in [6.07, 6.45) is 0. The Hall–Kier alpha value is -1.73. The van der Waals surface area contributed by atoms with Crippen molar-refractivity contribution in [3.05, 3.63) is 35.8 Å². The van der Waals surface area contributed by atoms with Gasteiger partial charge in [0.05, 0.1) is 5.69 Å². The van der Waals surface area contributed by atoms with Gasteiger partial charge in [0, 0.05) is 44.3 Å². The predicted molar refractivity (Wildman–Crippen MR) is 78.2 cm³/mol. The van der Waals surface area contributed by atoms with Gasteiger partial charge in [-0.25, -0.2) is 4.39 Å². The molecular weight excluding hydrogens is 277 g/mol. The lowest BCUT2D eigenvalue weighted by atomic mass is 10.2. The third kappa shape index (κ3) is 2.73. The SMILES string of the molecule is Nc1snnc1CN1CCN(c2ccccc2F)CC1. The smallest absolute Gasteiger partial charge is 0.146 e. The van der Waals surface area contributed by atoms with Gasteiger partial charge in [0.1, 0.15) is 16.5 Å². The summed E-state index contributed by atoms with van der Waals surface area (Å²) < 4.78 is 17.6. The first-order valence-corrected chi connectivity index (χ1v) is 7.30. The average Bonchev–Trinajstić information content (AvgIpc) is 2.86. The Morgan fingerprint density at radius 1 is 1.20 bits per heavy atom. The summed E-state index contributed by atoms with van der Waals surface area (Å²) in [7, 11) is 0. The first-order valence-electron chi connectivity index (χ1n) is 6.52. The van der Waals surface area contributed by atoms with Crippen LogP contribution in [0.5, 0.6) is 0 Å². The zero-order valence-electron chi connectivity index (χ0n) is 11.0. The second kappa shape index (κ2) is 5.72. The number of nitrogens with zero attached hydrogens (tertiary/aromatic N) is 4. The molecule has 2 N–H and O–H groups in total. The van der Waals surface area contributed by atoms with Crippen molar-refractivity contribution < 1.29 is 4.39 Å². The number of para-hydroxylation sites is 1. The highest BCUT2D eigenvalue weighted by atomic mass is 32.1. The van der Waals surface area contributed by atoms with E-state index in [4.69, 9.17) is 5.73 Å². The third-order valence-corrected chi connectivity index (χ3v) is 4.12. The minimum absolute atomic E-state index is 0.158. The van der Waals surface area contributed by atoms with Crippen molar-refractivity contribution in [2.24, 2.45) is 0 Å². The molecular formula is C13H16FN5S. The Morgan fingerprint density at radius 2 is 1.95 bits per heavy atom. The van der Waals surface area contributed by atoms with E-state index in [1.165, 1.54) is 17.6 Å². The number of halogens is 1. The number of aromatic nitrogens is 2. The maximum Gasteiger partial charge on any atom is 0.146 e. The van der Waals surface area contributed by atoms with Crippen molar-refractivity contribution in [3.63, 3.8) is 0 Å². The molecule has 1 aromatic heterocycles. The fourth-order valence-electron chi connectivity index (χ4n) is 2.39. The molecule has 1 fully saturated rings. The summed E-state index contributed by atoms with van der Waals surface area (Å²) in [5, 5.41) is 4.71. The molecule has 0 atom stereocenters. The molecule has 2 heterocycles. The first kappa shape index (κ1) is 13.3. The van der Waals surface area contributed by atoms with Crippen LogP contribution in [0.15, 0.2) is 24.3 Å². The summed E-state index contributed by atoms with van der Waals surface area (Å²) in [5.41, 5.74) is 7.33. The van der Waals surface area contributed by atoms with E-state index in [0.29, 0.717) is 17.2 Å². The Kier molecular flexibility index (Phi) is 3.79. The van der Waals surface area contributed by atoms with Crippen LogP contribution >= 0.6 is 11.5 Å². The fourth-order valence-corrected chi connectivity index (χ4v) is 2.83. The number of hydrogen-bond acceptors (Lipinski definition) is 6. The fraction of sp³-hybridized carbons (Fsp3) is 0.385. The molecule has 3 rings (SSSR count). The van der Waals surface area contributed by atoms with Crippen molar-refractivity contribution in [3.8, 4) is 0 Å². The van der Waals surface area contributed by atoms with Crippen molar-refractivity contribution in [1.82, 2.24) is 14.5 Å². The molecule has 20 heavy (non-hydrogen) atoms. The summed E-state index contributed by atoms with van der Waals surface area (Å²) in [6, 6.07) is 6.91. The van der Waals surface area contributed by atoms with Crippen molar-refractivity contribution >= 4 is 22.2 Å². The highest BCUT2D eigenvalue weighted by molar-refractivity contribution is 7.09. The lowest BCUT2D eigenvalue weighted by Gasteiger charge is -2.35. The van der Waals surface area contributed by atoms with Crippen LogP contribution in [0.2, 0.25) is 0 Å². The van der Waals surface area contributed by atoms with E-state index in [1.807, 2.05) is 12.1 Å². The molecule has 5 nitrogen and oxygen atoms in total. The number of anilines is 2. The number of nitrogen functional groups attached to an aromatic ring is 1. The van der Waals surface area contributed by atoms with Crippen LogP contribution in [0.1, 0.15) is 5.69 Å². The minimum Gasteiger partial charge on any atom is -0.388 e. The molecule has 0 spiro atoms. The normalized spacial score (nSPS) is 16.6. The lowest BCUT2D eigenvalue weighted by molar-refractivity contribution is 0.247. The van der Waals surface area contributed by atoms with Gasteiger partial charge < -0.3 is 10.6 Å². The van der Waals surface area contributed by atoms with Gasteiger partial charge in [0.15, 0.2) is 0 Å². The van der Waals surface area contributed by atoms with Crippen LogP contribution in [0, 0.1) is 5.82 Å². The molecule has 1 saturated heterocycles. The lowest BCUT2D eigenvalue weighted by Crippen LogP contribution is -2.46. The molecule has 1 aliphatic heterocycles. The Balaban J connectivity index is 1.60. The number of nitrogens with two attached hydrogens (primary N) is 1. The first-order chi connectivity index (χ1) is 9.74. The van der Waals surface area contributed by atoms with Crippen LogP contribution in [0.4, 0.5) is 15.1 Å².